The van der Waals surface area contributed by atoms with Crippen LogP contribution in [0.15, 0.2) is 11.0 Å². The maximum absolute atomic E-state index is 6.14. The summed E-state index contributed by atoms with van der Waals surface area (Å²) in [6.07, 6.45) is 1.05. The molecular weight excluding hydrogens is 326 g/mol. The Morgan fingerprint density at radius 1 is 1.29 bits per heavy atom. The van der Waals surface area contributed by atoms with E-state index in [1.54, 1.807) is 17.8 Å². The molecule has 1 atom stereocenters. The molecule has 0 fully saturated rings. The number of halogens is 4. The molecule has 0 nitrogen and oxygen atoms in total. The molecule has 1 aliphatic rings. The quantitative estimate of drug-likeness (QED) is 0.441. The number of alkyl halides is 1. The van der Waals surface area contributed by atoms with Gasteiger partial charge in [0.2, 0.25) is 0 Å². The summed E-state index contributed by atoms with van der Waals surface area (Å²) < 4.78 is 0. The van der Waals surface area contributed by atoms with Crippen molar-refractivity contribution >= 4 is 62.5 Å². The van der Waals surface area contributed by atoms with Gasteiger partial charge in [-0.3, -0.25) is 0 Å². The Kier molecular flexibility index (Phi) is 3.60. The molecule has 2 rings (SSSR count). The van der Waals surface area contributed by atoms with Crippen LogP contribution in [0.1, 0.15) is 16.8 Å². The van der Waals surface area contributed by atoms with Crippen molar-refractivity contribution < 1.29 is 0 Å². The van der Waals surface area contributed by atoms with Gasteiger partial charge in [0.25, 0.3) is 0 Å². The van der Waals surface area contributed by atoms with E-state index >= 15 is 0 Å². The van der Waals surface area contributed by atoms with Gasteiger partial charge in [0, 0.05) is 15.3 Å². The van der Waals surface area contributed by atoms with Crippen LogP contribution in [0.25, 0.3) is 0 Å². The third kappa shape index (κ3) is 1.92. The lowest BCUT2D eigenvalue weighted by Crippen LogP contribution is -2.03. The van der Waals surface area contributed by atoms with E-state index in [4.69, 9.17) is 34.8 Å². The zero-order chi connectivity index (χ0) is 10.3. The third-order valence-corrected chi connectivity index (χ3v) is 5.39. The van der Waals surface area contributed by atoms with Crippen molar-refractivity contribution in [2.24, 2.45) is 0 Å². The van der Waals surface area contributed by atoms with Crippen LogP contribution in [0.3, 0.4) is 0 Å². The number of hydrogen-bond acceptors (Lipinski definition) is 1. The first-order chi connectivity index (χ1) is 6.61. The summed E-state index contributed by atoms with van der Waals surface area (Å²) in [5.74, 6) is 1.06. The van der Waals surface area contributed by atoms with Crippen molar-refractivity contribution in [2.75, 3.05) is 5.75 Å². The second-order valence-electron chi connectivity index (χ2n) is 3.00. The van der Waals surface area contributed by atoms with Gasteiger partial charge in [0.15, 0.2) is 0 Å². The molecule has 0 saturated heterocycles. The van der Waals surface area contributed by atoms with Crippen LogP contribution in [0.4, 0.5) is 0 Å². The van der Waals surface area contributed by atoms with E-state index in [1.807, 2.05) is 0 Å². The van der Waals surface area contributed by atoms with Crippen LogP contribution in [0.5, 0.6) is 0 Å². The molecule has 1 aromatic carbocycles. The van der Waals surface area contributed by atoms with Crippen LogP contribution in [0.2, 0.25) is 15.1 Å². The first-order valence-corrected chi connectivity index (χ1v) is 7.09. The predicted molar refractivity (Wildman–Crippen MR) is 68.5 cm³/mol. The minimum atomic E-state index is 0.266. The summed E-state index contributed by atoms with van der Waals surface area (Å²) in [5.41, 5.74) is 1.04. The van der Waals surface area contributed by atoms with E-state index < -0.39 is 0 Å². The molecule has 5 heteroatoms. The number of rotatable bonds is 0. The van der Waals surface area contributed by atoms with E-state index in [9.17, 15) is 0 Å². The second kappa shape index (κ2) is 4.42. The van der Waals surface area contributed by atoms with Crippen LogP contribution in [-0.2, 0) is 0 Å². The highest BCUT2D eigenvalue weighted by molar-refractivity contribution is 9.09. The molecule has 1 aromatic rings. The largest absolute Gasteiger partial charge is 0.124 e. The molecular formula is C9H6BrCl3S. The Bertz CT molecular complexity index is 381. The summed E-state index contributed by atoms with van der Waals surface area (Å²) >= 11 is 23.5. The van der Waals surface area contributed by atoms with Gasteiger partial charge in [-0.1, -0.05) is 50.7 Å². The van der Waals surface area contributed by atoms with Gasteiger partial charge in [0.05, 0.1) is 15.1 Å². The molecule has 0 spiro atoms. The smallest absolute Gasteiger partial charge is 0.0647 e. The topological polar surface area (TPSA) is 0 Å². The molecule has 1 unspecified atom stereocenters. The minimum absolute atomic E-state index is 0.266. The molecule has 0 amide bonds. The molecule has 0 saturated carbocycles. The molecule has 0 bridgehead atoms. The lowest BCUT2D eigenvalue weighted by molar-refractivity contribution is 0.880. The molecule has 14 heavy (non-hydrogen) atoms. The van der Waals surface area contributed by atoms with Crippen molar-refractivity contribution in [2.45, 2.75) is 16.1 Å². The third-order valence-electron chi connectivity index (χ3n) is 2.09. The normalized spacial score (nSPS) is 20.7. The minimum Gasteiger partial charge on any atom is -0.124 e. The molecule has 0 radical (unpaired) electrons. The Morgan fingerprint density at radius 3 is 2.71 bits per heavy atom. The zero-order valence-electron chi connectivity index (χ0n) is 6.99. The number of hydrogen-bond donors (Lipinski definition) is 0. The van der Waals surface area contributed by atoms with E-state index in [2.05, 4.69) is 15.9 Å². The Labute approximate surface area is 110 Å². The fraction of sp³-hybridized carbons (Fsp3) is 0.333. The standard InChI is InChI=1S/C9H6BrCl3S/c10-4-1-2-14-9-6(12)3-5(11)8(13)7(4)9/h3-4H,1-2H2. The van der Waals surface area contributed by atoms with Crippen molar-refractivity contribution in [1.29, 1.82) is 0 Å². The summed E-state index contributed by atoms with van der Waals surface area (Å²) in [7, 11) is 0. The molecule has 0 N–H and O–H groups in total. The highest BCUT2D eigenvalue weighted by Gasteiger charge is 2.25. The number of fused-ring (bicyclic) bond motifs is 1. The Hall–Kier alpha value is 0.920. The number of benzene rings is 1. The van der Waals surface area contributed by atoms with Crippen molar-refractivity contribution in [3.8, 4) is 0 Å². The molecule has 0 aromatic heterocycles. The van der Waals surface area contributed by atoms with Gasteiger partial charge in [-0.25, -0.2) is 0 Å². The van der Waals surface area contributed by atoms with Gasteiger partial charge >= 0.3 is 0 Å². The summed E-state index contributed by atoms with van der Waals surface area (Å²) in [5, 5.41) is 1.85. The monoisotopic (exact) mass is 330 g/mol. The van der Waals surface area contributed by atoms with Crippen molar-refractivity contribution in [3.05, 3.63) is 26.7 Å². The molecule has 1 heterocycles. The fourth-order valence-corrected chi connectivity index (χ4v) is 4.84. The molecule has 0 aliphatic carbocycles. The predicted octanol–water partition coefficient (Wildman–Crippen LogP) is 5.58. The first-order valence-electron chi connectivity index (χ1n) is 4.05. The van der Waals surface area contributed by atoms with Gasteiger partial charge < -0.3 is 0 Å². The fourth-order valence-electron chi connectivity index (χ4n) is 1.43. The van der Waals surface area contributed by atoms with E-state index in [1.165, 1.54) is 0 Å². The maximum Gasteiger partial charge on any atom is 0.0647 e. The maximum atomic E-state index is 6.14. The summed E-state index contributed by atoms with van der Waals surface area (Å²) in [4.78, 5) is 1.33. The zero-order valence-corrected chi connectivity index (χ0v) is 11.7. The van der Waals surface area contributed by atoms with Gasteiger partial charge in [-0.15, -0.1) is 11.8 Å². The lowest BCUT2D eigenvalue weighted by Gasteiger charge is -2.23. The highest BCUT2D eigenvalue weighted by atomic mass is 79.9. The van der Waals surface area contributed by atoms with Crippen LogP contribution in [0, 0.1) is 0 Å². The second-order valence-corrected chi connectivity index (χ2v) is 6.40. The van der Waals surface area contributed by atoms with E-state index in [-0.39, 0.29) is 4.83 Å². The van der Waals surface area contributed by atoms with Crippen molar-refractivity contribution in [1.82, 2.24) is 0 Å². The van der Waals surface area contributed by atoms with Crippen LogP contribution >= 0.6 is 62.5 Å². The Balaban J connectivity index is 2.67. The van der Waals surface area contributed by atoms with Gasteiger partial charge in [-0.2, -0.15) is 0 Å². The van der Waals surface area contributed by atoms with E-state index in [0.717, 1.165) is 22.6 Å². The number of thioether (sulfide) groups is 1. The van der Waals surface area contributed by atoms with Gasteiger partial charge in [0.1, 0.15) is 0 Å². The van der Waals surface area contributed by atoms with Crippen LogP contribution < -0.4 is 0 Å². The van der Waals surface area contributed by atoms with Gasteiger partial charge in [-0.05, 0) is 18.2 Å². The van der Waals surface area contributed by atoms with E-state index in [0.29, 0.717) is 15.1 Å². The Morgan fingerprint density at radius 2 is 2.00 bits per heavy atom. The lowest BCUT2D eigenvalue weighted by atomic mass is 10.1. The average molecular weight is 332 g/mol. The SMILES string of the molecule is Clc1cc(Cl)c2c(c1Cl)C(Br)CCS2. The van der Waals surface area contributed by atoms with Crippen LogP contribution in [-0.4, -0.2) is 5.75 Å². The summed E-state index contributed by atoms with van der Waals surface area (Å²) in [6.45, 7) is 0. The van der Waals surface area contributed by atoms with Crippen molar-refractivity contribution in [3.63, 3.8) is 0 Å². The molecule has 76 valence electrons. The molecule has 1 aliphatic heterocycles. The average Bonchev–Trinajstić information content (AvgIpc) is 2.14. The highest BCUT2D eigenvalue weighted by Crippen LogP contribution is 2.49. The summed E-state index contributed by atoms with van der Waals surface area (Å²) in [6, 6.07) is 1.71. The first kappa shape index (κ1) is 11.4.